The van der Waals surface area contributed by atoms with Gasteiger partial charge in [-0.3, -0.25) is 4.79 Å². The summed E-state index contributed by atoms with van der Waals surface area (Å²) in [6, 6.07) is 14.4. The number of nitrogens with one attached hydrogen (secondary N) is 1. The van der Waals surface area contributed by atoms with Gasteiger partial charge in [-0.25, -0.2) is 0 Å². The zero-order chi connectivity index (χ0) is 21.4. The predicted molar refractivity (Wildman–Crippen MR) is 118 cm³/mol. The summed E-state index contributed by atoms with van der Waals surface area (Å²) >= 11 is 1.30. The summed E-state index contributed by atoms with van der Waals surface area (Å²) in [6.45, 7) is 1.16. The molecule has 0 atom stereocenters. The maximum atomic E-state index is 12.7. The Labute approximate surface area is 183 Å². The van der Waals surface area contributed by atoms with Gasteiger partial charge in [0.25, 0.3) is 10.0 Å². The van der Waals surface area contributed by atoms with Crippen molar-refractivity contribution in [2.75, 3.05) is 18.4 Å². The zero-order valence-electron chi connectivity index (χ0n) is 16.4. The number of aromatic nitrogens is 2. The second-order valence-electron chi connectivity index (χ2n) is 7.50. The predicted octanol–water partition coefficient (Wildman–Crippen LogP) is 3.00. The third kappa shape index (κ3) is 3.84. The highest BCUT2D eigenvalue weighted by Crippen LogP contribution is 2.30. The molecule has 2 aliphatic heterocycles. The Hall–Kier alpha value is -3.11. The third-order valence-electron chi connectivity index (χ3n) is 5.59. The van der Waals surface area contributed by atoms with Crippen LogP contribution in [-0.4, -0.2) is 47.7 Å². The van der Waals surface area contributed by atoms with Crippen molar-refractivity contribution in [2.24, 2.45) is 10.3 Å². The van der Waals surface area contributed by atoms with Crippen LogP contribution >= 0.6 is 11.5 Å². The van der Waals surface area contributed by atoms with E-state index in [-0.39, 0.29) is 16.7 Å². The molecule has 0 bridgehead atoms. The molecule has 0 spiro atoms. The molecule has 8 nitrogen and oxygen atoms in total. The van der Waals surface area contributed by atoms with Gasteiger partial charge in [0.15, 0.2) is 5.84 Å². The summed E-state index contributed by atoms with van der Waals surface area (Å²) in [4.78, 5) is 14.9. The van der Waals surface area contributed by atoms with Crippen LogP contribution in [0, 0.1) is 5.92 Å². The lowest BCUT2D eigenvalue weighted by atomic mass is 9.95. The van der Waals surface area contributed by atoms with Crippen LogP contribution in [0.2, 0.25) is 0 Å². The maximum absolute atomic E-state index is 12.7. The SMILES string of the molecule is O=C(Nc1ccc(-c2csnn2)cc1)C1CCN(C2=NS(=O)(=O)c3ccccc32)CC1. The number of sulfonamides is 1. The van der Waals surface area contributed by atoms with E-state index >= 15 is 0 Å². The van der Waals surface area contributed by atoms with E-state index in [1.807, 2.05) is 40.6 Å². The highest BCUT2D eigenvalue weighted by molar-refractivity contribution is 7.90. The molecular weight excluding hydrogens is 434 g/mol. The molecule has 3 aromatic rings. The Morgan fingerprint density at radius 3 is 2.52 bits per heavy atom. The minimum atomic E-state index is -3.64. The first-order chi connectivity index (χ1) is 15.0. The molecule has 1 fully saturated rings. The van der Waals surface area contributed by atoms with Gasteiger partial charge in [0, 0.05) is 41.2 Å². The number of nitrogens with zero attached hydrogens (tertiary/aromatic N) is 4. The number of anilines is 1. The number of rotatable bonds is 3. The fraction of sp³-hybridized carbons (Fsp3) is 0.238. The molecule has 10 heteroatoms. The molecule has 1 amide bonds. The van der Waals surface area contributed by atoms with E-state index in [1.165, 1.54) is 11.5 Å². The molecule has 1 N–H and O–H groups in total. The lowest BCUT2D eigenvalue weighted by Gasteiger charge is -2.32. The molecule has 0 aliphatic carbocycles. The van der Waals surface area contributed by atoms with Crippen molar-refractivity contribution in [1.82, 2.24) is 14.5 Å². The van der Waals surface area contributed by atoms with E-state index in [9.17, 15) is 13.2 Å². The van der Waals surface area contributed by atoms with Crippen LogP contribution in [0.5, 0.6) is 0 Å². The van der Waals surface area contributed by atoms with Crippen molar-refractivity contribution < 1.29 is 13.2 Å². The number of hydrogen-bond donors (Lipinski definition) is 1. The van der Waals surface area contributed by atoms with Crippen molar-refractivity contribution in [3.63, 3.8) is 0 Å². The molecule has 31 heavy (non-hydrogen) atoms. The molecule has 1 aromatic heterocycles. The monoisotopic (exact) mass is 453 g/mol. The Balaban J connectivity index is 1.22. The van der Waals surface area contributed by atoms with Gasteiger partial charge in [-0.2, -0.15) is 8.42 Å². The maximum Gasteiger partial charge on any atom is 0.285 e. The van der Waals surface area contributed by atoms with Crippen LogP contribution in [0.15, 0.2) is 63.2 Å². The number of carbonyl (C=O) groups excluding carboxylic acids is 1. The number of likely N-dealkylation sites (tertiary alicyclic amines) is 1. The van der Waals surface area contributed by atoms with Crippen LogP contribution in [0.1, 0.15) is 18.4 Å². The first-order valence-electron chi connectivity index (χ1n) is 9.89. The number of piperidine rings is 1. The smallest absolute Gasteiger partial charge is 0.285 e. The summed E-state index contributed by atoms with van der Waals surface area (Å²) in [5.74, 6) is 0.332. The number of hydrogen-bond acceptors (Lipinski definition) is 7. The average Bonchev–Trinajstić information content (AvgIpc) is 3.41. The highest BCUT2D eigenvalue weighted by Gasteiger charge is 2.34. The van der Waals surface area contributed by atoms with E-state index < -0.39 is 10.0 Å². The van der Waals surface area contributed by atoms with Crippen molar-refractivity contribution in [3.05, 3.63) is 59.5 Å². The number of benzene rings is 2. The molecular formula is C21H19N5O3S2. The van der Waals surface area contributed by atoms with Crippen molar-refractivity contribution >= 4 is 39.0 Å². The van der Waals surface area contributed by atoms with Crippen molar-refractivity contribution in [2.45, 2.75) is 17.7 Å². The van der Waals surface area contributed by atoms with Gasteiger partial charge in [-0.1, -0.05) is 28.8 Å². The number of amidine groups is 1. The quantitative estimate of drug-likeness (QED) is 0.654. The minimum absolute atomic E-state index is 0.0240. The fourth-order valence-corrected chi connectivity index (χ4v) is 5.62. The molecule has 2 aliphatic rings. The van der Waals surface area contributed by atoms with Gasteiger partial charge >= 0.3 is 0 Å². The van der Waals surface area contributed by atoms with E-state index in [0.717, 1.165) is 16.9 Å². The van der Waals surface area contributed by atoms with Gasteiger partial charge in [0.1, 0.15) is 10.6 Å². The largest absolute Gasteiger partial charge is 0.355 e. The van der Waals surface area contributed by atoms with Crippen LogP contribution in [0.25, 0.3) is 11.3 Å². The van der Waals surface area contributed by atoms with E-state index in [4.69, 9.17) is 0 Å². The summed E-state index contributed by atoms with van der Waals surface area (Å²) in [5, 5.41) is 8.90. The minimum Gasteiger partial charge on any atom is -0.355 e. The van der Waals surface area contributed by atoms with Crippen LogP contribution in [-0.2, 0) is 14.8 Å². The van der Waals surface area contributed by atoms with Gasteiger partial charge < -0.3 is 10.2 Å². The second kappa shape index (κ2) is 7.86. The summed E-state index contributed by atoms with van der Waals surface area (Å²) in [6.07, 6.45) is 1.27. The number of fused-ring (bicyclic) bond motifs is 1. The summed E-state index contributed by atoms with van der Waals surface area (Å²) in [5.41, 5.74) is 3.14. The molecule has 3 heterocycles. The normalized spacial score (nSPS) is 17.8. The van der Waals surface area contributed by atoms with E-state index in [1.54, 1.807) is 18.2 Å². The van der Waals surface area contributed by atoms with E-state index in [0.29, 0.717) is 37.3 Å². The Morgan fingerprint density at radius 1 is 1.06 bits per heavy atom. The molecule has 0 radical (unpaired) electrons. The lowest BCUT2D eigenvalue weighted by molar-refractivity contribution is -0.120. The molecule has 2 aromatic carbocycles. The zero-order valence-corrected chi connectivity index (χ0v) is 18.1. The van der Waals surface area contributed by atoms with Crippen LogP contribution in [0.3, 0.4) is 0 Å². The molecule has 5 rings (SSSR count). The standard InChI is InChI=1S/C21H19N5O3S2/c27-21(22-16-7-5-14(6-8-16)18-13-30-25-23-18)15-9-11-26(12-10-15)20-17-3-1-2-4-19(17)31(28,29)24-20/h1-8,13,15H,9-12H2,(H,22,27). The molecule has 0 saturated carbocycles. The van der Waals surface area contributed by atoms with Crippen LogP contribution in [0.4, 0.5) is 5.69 Å². The first kappa shape index (κ1) is 19.8. The topological polar surface area (TPSA) is 105 Å². The van der Waals surface area contributed by atoms with Gasteiger partial charge in [0.2, 0.25) is 5.91 Å². The van der Waals surface area contributed by atoms with Crippen LogP contribution < -0.4 is 5.32 Å². The van der Waals surface area contributed by atoms with Gasteiger partial charge in [-0.05, 0) is 48.6 Å². The van der Waals surface area contributed by atoms with Crippen molar-refractivity contribution in [1.29, 1.82) is 0 Å². The van der Waals surface area contributed by atoms with Gasteiger partial charge in [-0.15, -0.1) is 9.50 Å². The number of amides is 1. The third-order valence-corrected chi connectivity index (χ3v) is 7.42. The average molecular weight is 454 g/mol. The van der Waals surface area contributed by atoms with Crippen molar-refractivity contribution in [3.8, 4) is 11.3 Å². The lowest BCUT2D eigenvalue weighted by Crippen LogP contribution is -2.41. The fourth-order valence-electron chi connectivity index (χ4n) is 3.93. The van der Waals surface area contributed by atoms with Gasteiger partial charge in [0.05, 0.1) is 0 Å². The Bertz CT molecular complexity index is 1250. The summed E-state index contributed by atoms with van der Waals surface area (Å²) < 4.78 is 32.4. The Kier molecular flexibility index (Phi) is 5.03. The first-order valence-corrected chi connectivity index (χ1v) is 12.2. The second-order valence-corrected chi connectivity index (χ2v) is 9.69. The Morgan fingerprint density at radius 2 is 1.81 bits per heavy atom. The molecule has 1 saturated heterocycles. The number of carbonyl (C=O) groups is 1. The molecule has 158 valence electrons. The summed E-state index contributed by atoms with van der Waals surface area (Å²) in [7, 11) is -3.64. The van der Waals surface area contributed by atoms with E-state index in [2.05, 4.69) is 19.3 Å². The molecule has 0 unspecified atom stereocenters. The highest BCUT2D eigenvalue weighted by atomic mass is 32.2.